The summed E-state index contributed by atoms with van der Waals surface area (Å²) in [7, 11) is 2.30. The molecule has 2 heteroatoms. The third-order valence-corrected chi connectivity index (χ3v) is 5.21. The Kier molecular flexibility index (Phi) is 3.90. The normalized spacial score (nSPS) is 28.4. The second-order valence-electron chi connectivity index (χ2n) is 6.29. The van der Waals surface area contributed by atoms with E-state index in [2.05, 4.69) is 36.2 Å². The van der Waals surface area contributed by atoms with Crippen molar-refractivity contribution in [3.8, 4) is 0 Å². The molecular formula is C17H26N2. The van der Waals surface area contributed by atoms with Gasteiger partial charge in [0.05, 0.1) is 0 Å². The van der Waals surface area contributed by atoms with Gasteiger partial charge in [-0.25, -0.2) is 0 Å². The molecule has 0 aromatic heterocycles. The molecule has 0 radical (unpaired) electrons. The molecule has 0 heterocycles. The molecule has 2 nitrogen and oxygen atoms in total. The molecule has 1 fully saturated rings. The monoisotopic (exact) mass is 258 g/mol. The standard InChI is InChI=1S/C17H26N2/c1-19(14-8-3-2-4-9-14)16-12-11-13-7-5-6-10-15(13)17(16)18/h5-7,10,14,16-17H,2-4,8-9,11-12,18H2,1H3. The molecule has 1 saturated carbocycles. The zero-order chi connectivity index (χ0) is 13.2. The summed E-state index contributed by atoms with van der Waals surface area (Å²) in [4.78, 5) is 2.60. The molecule has 104 valence electrons. The SMILES string of the molecule is CN(C1CCCCC1)C1CCc2ccccc2C1N. The lowest BCUT2D eigenvalue weighted by molar-refractivity contribution is 0.109. The second-order valence-corrected chi connectivity index (χ2v) is 6.29. The highest BCUT2D eigenvalue weighted by molar-refractivity contribution is 5.33. The van der Waals surface area contributed by atoms with Gasteiger partial charge in [-0.3, -0.25) is 4.90 Å². The van der Waals surface area contributed by atoms with Crippen molar-refractivity contribution < 1.29 is 0 Å². The largest absolute Gasteiger partial charge is 0.323 e. The van der Waals surface area contributed by atoms with Gasteiger partial charge in [-0.1, -0.05) is 43.5 Å². The first-order valence-corrected chi connectivity index (χ1v) is 7.82. The Morgan fingerprint density at radius 3 is 2.58 bits per heavy atom. The Balaban J connectivity index is 1.75. The summed E-state index contributed by atoms with van der Waals surface area (Å²) in [6.07, 6.45) is 9.34. The number of fused-ring (bicyclic) bond motifs is 1. The summed E-state index contributed by atoms with van der Waals surface area (Å²) < 4.78 is 0. The van der Waals surface area contributed by atoms with Crippen molar-refractivity contribution in [2.24, 2.45) is 5.73 Å². The number of aryl methyl sites for hydroxylation is 1. The predicted octanol–water partition coefficient (Wildman–Crippen LogP) is 3.27. The van der Waals surface area contributed by atoms with Crippen molar-refractivity contribution in [2.45, 2.75) is 63.1 Å². The molecular weight excluding hydrogens is 232 g/mol. The molecule has 2 atom stereocenters. The van der Waals surface area contributed by atoms with E-state index >= 15 is 0 Å². The van der Waals surface area contributed by atoms with E-state index in [1.807, 2.05) is 0 Å². The van der Waals surface area contributed by atoms with Gasteiger partial charge >= 0.3 is 0 Å². The quantitative estimate of drug-likeness (QED) is 0.882. The highest BCUT2D eigenvalue weighted by Crippen LogP contribution is 2.33. The molecule has 3 rings (SSSR count). The van der Waals surface area contributed by atoms with E-state index in [9.17, 15) is 0 Å². The van der Waals surface area contributed by atoms with Crippen LogP contribution >= 0.6 is 0 Å². The summed E-state index contributed by atoms with van der Waals surface area (Å²) in [6.45, 7) is 0. The smallest absolute Gasteiger partial charge is 0.0455 e. The third kappa shape index (κ3) is 2.56. The number of hydrogen-bond donors (Lipinski definition) is 1. The molecule has 2 aliphatic carbocycles. The van der Waals surface area contributed by atoms with E-state index in [0.717, 1.165) is 6.04 Å². The van der Waals surface area contributed by atoms with Crippen LogP contribution in [0.1, 0.15) is 55.7 Å². The molecule has 19 heavy (non-hydrogen) atoms. The summed E-state index contributed by atoms with van der Waals surface area (Å²) in [5, 5.41) is 0. The van der Waals surface area contributed by atoms with Gasteiger partial charge in [0.25, 0.3) is 0 Å². The van der Waals surface area contributed by atoms with E-state index < -0.39 is 0 Å². The van der Waals surface area contributed by atoms with Crippen LogP contribution in [0, 0.1) is 0 Å². The molecule has 0 spiro atoms. The van der Waals surface area contributed by atoms with Gasteiger partial charge in [-0.2, -0.15) is 0 Å². The van der Waals surface area contributed by atoms with Crippen LogP contribution < -0.4 is 5.73 Å². The maximum absolute atomic E-state index is 6.56. The topological polar surface area (TPSA) is 29.3 Å². The summed E-state index contributed by atoms with van der Waals surface area (Å²) in [5.74, 6) is 0. The van der Waals surface area contributed by atoms with Gasteiger partial charge in [0.2, 0.25) is 0 Å². The fraction of sp³-hybridized carbons (Fsp3) is 0.647. The highest BCUT2D eigenvalue weighted by atomic mass is 15.2. The first-order chi connectivity index (χ1) is 9.27. The maximum atomic E-state index is 6.56. The second kappa shape index (κ2) is 5.64. The van der Waals surface area contributed by atoms with E-state index in [1.165, 1.54) is 56.1 Å². The summed E-state index contributed by atoms with van der Waals surface area (Å²) in [6, 6.07) is 10.2. The Morgan fingerprint density at radius 1 is 1.05 bits per heavy atom. The minimum Gasteiger partial charge on any atom is -0.323 e. The lowest BCUT2D eigenvalue weighted by atomic mass is 9.82. The first kappa shape index (κ1) is 13.1. The molecule has 2 N–H and O–H groups in total. The average molecular weight is 258 g/mol. The van der Waals surface area contributed by atoms with Crippen LogP contribution in [-0.4, -0.2) is 24.0 Å². The molecule has 0 aliphatic heterocycles. The fourth-order valence-electron chi connectivity index (χ4n) is 3.99. The van der Waals surface area contributed by atoms with Gasteiger partial charge in [-0.05, 0) is 43.9 Å². The summed E-state index contributed by atoms with van der Waals surface area (Å²) >= 11 is 0. The van der Waals surface area contributed by atoms with Crippen molar-refractivity contribution in [3.05, 3.63) is 35.4 Å². The molecule has 0 amide bonds. The number of nitrogens with zero attached hydrogens (tertiary/aromatic N) is 1. The lowest BCUT2D eigenvalue weighted by Gasteiger charge is -2.42. The Morgan fingerprint density at radius 2 is 1.79 bits per heavy atom. The molecule has 2 unspecified atom stereocenters. The number of rotatable bonds is 2. The Labute approximate surface area is 117 Å². The molecule has 1 aromatic rings. The molecule has 0 bridgehead atoms. The van der Waals surface area contributed by atoms with Crippen molar-refractivity contribution in [2.75, 3.05) is 7.05 Å². The fourth-order valence-corrected chi connectivity index (χ4v) is 3.99. The van der Waals surface area contributed by atoms with E-state index in [0.29, 0.717) is 6.04 Å². The highest BCUT2D eigenvalue weighted by Gasteiger charge is 2.32. The van der Waals surface area contributed by atoms with Crippen LogP contribution in [0.4, 0.5) is 0 Å². The zero-order valence-electron chi connectivity index (χ0n) is 12.0. The number of likely N-dealkylation sites (N-methyl/N-ethyl adjacent to an activating group) is 1. The van der Waals surface area contributed by atoms with Crippen LogP contribution in [0.15, 0.2) is 24.3 Å². The minimum atomic E-state index is 0.192. The van der Waals surface area contributed by atoms with Crippen LogP contribution in [0.5, 0.6) is 0 Å². The lowest BCUT2D eigenvalue weighted by Crippen LogP contribution is -2.48. The number of nitrogens with two attached hydrogens (primary N) is 1. The van der Waals surface area contributed by atoms with E-state index in [4.69, 9.17) is 5.73 Å². The summed E-state index contributed by atoms with van der Waals surface area (Å²) in [5.41, 5.74) is 9.39. The third-order valence-electron chi connectivity index (χ3n) is 5.21. The van der Waals surface area contributed by atoms with Gasteiger partial charge in [0.15, 0.2) is 0 Å². The van der Waals surface area contributed by atoms with Crippen LogP contribution in [0.2, 0.25) is 0 Å². The van der Waals surface area contributed by atoms with Crippen molar-refractivity contribution in [1.29, 1.82) is 0 Å². The number of hydrogen-bond acceptors (Lipinski definition) is 2. The van der Waals surface area contributed by atoms with Crippen LogP contribution in [0.3, 0.4) is 0 Å². The van der Waals surface area contributed by atoms with Crippen molar-refractivity contribution >= 4 is 0 Å². The van der Waals surface area contributed by atoms with E-state index in [1.54, 1.807) is 0 Å². The van der Waals surface area contributed by atoms with Gasteiger partial charge < -0.3 is 5.73 Å². The Hall–Kier alpha value is -0.860. The zero-order valence-corrected chi connectivity index (χ0v) is 12.0. The average Bonchev–Trinajstić information content (AvgIpc) is 2.48. The van der Waals surface area contributed by atoms with Crippen LogP contribution in [0.25, 0.3) is 0 Å². The first-order valence-electron chi connectivity index (χ1n) is 7.82. The van der Waals surface area contributed by atoms with Crippen molar-refractivity contribution in [1.82, 2.24) is 4.90 Å². The van der Waals surface area contributed by atoms with Gasteiger partial charge in [-0.15, -0.1) is 0 Å². The molecule has 0 saturated heterocycles. The number of benzene rings is 1. The molecule has 2 aliphatic rings. The van der Waals surface area contributed by atoms with Crippen molar-refractivity contribution in [3.63, 3.8) is 0 Å². The van der Waals surface area contributed by atoms with Gasteiger partial charge in [0.1, 0.15) is 0 Å². The predicted molar refractivity (Wildman–Crippen MR) is 80.1 cm³/mol. The minimum absolute atomic E-state index is 0.192. The van der Waals surface area contributed by atoms with E-state index in [-0.39, 0.29) is 6.04 Å². The Bertz CT molecular complexity index is 423. The maximum Gasteiger partial charge on any atom is 0.0455 e. The van der Waals surface area contributed by atoms with Gasteiger partial charge in [0, 0.05) is 18.1 Å². The molecule has 1 aromatic carbocycles. The van der Waals surface area contributed by atoms with Crippen LogP contribution in [-0.2, 0) is 6.42 Å².